The number of Topliss-reactive ketones (excluding diaryl/α,β-unsaturated/α-hetero) is 1. The van der Waals surface area contributed by atoms with E-state index >= 15 is 0 Å². The van der Waals surface area contributed by atoms with E-state index in [2.05, 4.69) is 42.7 Å². The molecule has 150 valence electrons. The van der Waals surface area contributed by atoms with Crippen LogP contribution in [0.1, 0.15) is 45.6 Å². The first-order chi connectivity index (χ1) is 12.7. The third-order valence-corrected chi connectivity index (χ3v) is 6.10. The molecule has 1 aromatic rings. The molecule has 0 aromatic heterocycles. The van der Waals surface area contributed by atoms with E-state index in [1.165, 1.54) is 5.56 Å². The predicted octanol–water partition coefficient (Wildman–Crippen LogP) is 3.60. The highest BCUT2D eigenvalue weighted by atomic mass is 35.5. The van der Waals surface area contributed by atoms with Crippen LogP contribution in [0.15, 0.2) is 24.3 Å². The minimum absolute atomic E-state index is 0.0212. The van der Waals surface area contributed by atoms with Gasteiger partial charge in [-0.1, -0.05) is 44.5 Å². The van der Waals surface area contributed by atoms with Gasteiger partial charge in [0.15, 0.2) is 0 Å². The predicted molar refractivity (Wildman–Crippen MR) is 110 cm³/mol. The van der Waals surface area contributed by atoms with Crippen LogP contribution in [0.5, 0.6) is 0 Å². The Morgan fingerprint density at radius 3 is 2.33 bits per heavy atom. The van der Waals surface area contributed by atoms with Crippen molar-refractivity contribution in [1.82, 2.24) is 9.80 Å². The van der Waals surface area contributed by atoms with Crippen LogP contribution in [-0.4, -0.2) is 59.0 Å². The fourth-order valence-corrected chi connectivity index (χ4v) is 4.54. The summed E-state index contributed by atoms with van der Waals surface area (Å²) < 4.78 is 0. The van der Waals surface area contributed by atoms with Crippen LogP contribution in [0.2, 0.25) is 5.02 Å². The van der Waals surface area contributed by atoms with Gasteiger partial charge in [-0.05, 0) is 36.0 Å². The first-order valence-corrected chi connectivity index (χ1v) is 10.5. The zero-order valence-corrected chi connectivity index (χ0v) is 17.6. The summed E-state index contributed by atoms with van der Waals surface area (Å²) in [5, 5.41) is 11.3. The minimum atomic E-state index is -0.373. The van der Waals surface area contributed by atoms with Gasteiger partial charge in [0, 0.05) is 56.1 Å². The Balaban J connectivity index is 1.49. The number of piperazine rings is 1. The lowest BCUT2D eigenvalue weighted by Crippen LogP contribution is -2.52. The van der Waals surface area contributed by atoms with Crippen LogP contribution in [-0.2, 0) is 11.3 Å². The summed E-state index contributed by atoms with van der Waals surface area (Å²) in [4.78, 5) is 17.4. The zero-order valence-electron chi connectivity index (χ0n) is 16.8. The average Bonchev–Trinajstić information content (AvgIpc) is 2.98. The van der Waals surface area contributed by atoms with E-state index in [1.54, 1.807) is 0 Å². The van der Waals surface area contributed by atoms with Crippen molar-refractivity contribution in [3.05, 3.63) is 34.9 Å². The van der Waals surface area contributed by atoms with Crippen molar-refractivity contribution in [3.63, 3.8) is 0 Å². The van der Waals surface area contributed by atoms with Gasteiger partial charge >= 0.3 is 0 Å². The lowest BCUT2D eigenvalue weighted by Gasteiger charge is -2.39. The van der Waals surface area contributed by atoms with Crippen molar-refractivity contribution >= 4 is 17.4 Å². The zero-order chi connectivity index (χ0) is 19.6. The standard InChI is InChI=1S/C22H33ClN2O2/c1-22(2,3)14-21(27)17-12-19(20(26)13-17)25-10-8-24(9-11-25)15-16-4-6-18(23)7-5-16/h4-7,17,19-20,26H,8-15H2,1-3H3. The number of aliphatic hydroxyl groups excluding tert-OH is 1. The Kier molecular flexibility index (Phi) is 6.62. The van der Waals surface area contributed by atoms with Crippen molar-refractivity contribution < 1.29 is 9.90 Å². The SMILES string of the molecule is CC(C)(C)CC(=O)C1CC(O)C(N2CCN(Cc3ccc(Cl)cc3)CC2)C1. The van der Waals surface area contributed by atoms with E-state index < -0.39 is 0 Å². The summed E-state index contributed by atoms with van der Waals surface area (Å²) in [6.07, 6.45) is 1.67. The van der Waals surface area contributed by atoms with Gasteiger partial charge in [0.2, 0.25) is 0 Å². The number of halogens is 1. The molecule has 5 heteroatoms. The van der Waals surface area contributed by atoms with Crippen molar-refractivity contribution in [3.8, 4) is 0 Å². The number of hydrogen-bond acceptors (Lipinski definition) is 4. The molecule has 1 aliphatic heterocycles. The number of ketones is 1. The topological polar surface area (TPSA) is 43.8 Å². The Morgan fingerprint density at radius 2 is 1.74 bits per heavy atom. The van der Waals surface area contributed by atoms with Crippen LogP contribution < -0.4 is 0 Å². The van der Waals surface area contributed by atoms with Crippen LogP contribution in [0.25, 0.3) is 0 Å². The fourth-order valence-electron chi connectivity index (χ4n) is 4.42. The van der Waals surface area contributed by atoms with Gasteiger partial charge < -0.3 is 5.11 Å². The lowest BCUT2D eigenvalue weighted by molar-refractivity contribution is -0.124. The van der Waals surface area contributed by atoms with Crippen LogP contribution in [0.4, 0.5) is 0 Å². The van der Waals surface area contributed by atoms with E-state index in [9.17, 15) is 9.90 Å². The number of rotatable bonds is 5. The second kappa shape index (κ2) is 8.60. The van der Waals surface area contributed by atoms with Crippen molar-refractivity contribution in [2.45, 2.75) is 58.7 Å². The molecule has 1 heterocycles. The summed E-state index contributed by atoms with van der Waals surface area (Å²) in [5.74, 6) is 0.349. The molecule has 1 N–H and O–H groups in total. The van der Waals surface area contributed by atoms with E-state index in [1.807, 2.05) is 12.1 Å². The molecule has 1 saturated carbocycles. The molecule has 0 bridgehead atoms. The summed E-state index contributed by atoms with van der Waals surface area (Å²) in [7, 11) is 0. The fraction of sp³-hybridized carbons (Fsp3) is 0.682. The third kappa shape index (κ3) is 5.77. The third-order valence-electron chi connectivity index (χ3n) is 5.85. The monoisotopic (exact) mass is 392 g/mol. The minimum Gasteiger partial charge on any atom is -0.391 e. The molecule has 2 aliphatic rings. The maximum absolute atomic E-state index is 12.6. The molecule has 27 heavy (non-hydrogen) atoms. The van der Waals surface area contributed by atoms with Gasteiger partial charge in [-0.3, -0.25) is 14.6 Å². The maximum Gasteiger partial charge on any atom is 0.136 e. The van der Waals surface area contributed by atoms with Crippen molar-refractivity contribution in [2.24, 2.45) is 11.3 Å². The first kappa shape index (κ1) is 20.8. The average molecular weight is 393 g/mol. The van der Waals surface area contributed by atoms with Crippen molar-refractivity contribution in [1.29, 1.82) is 0 Å². The molecule has 3 atom stereocenters. The lowest BCUT2D eigenvalue weighted by atomic mass is 9.85. The molecular formula is C22H33ClN2O2. The molecule has 3 unspecified atom stereocenters. The summed E-state index contributed by atoms with van der Waals surface area (Å²) in [6, 6.07) is 8.19. The molecule has 0 amide bonds. The number of hydrogen-bond donors (Lipinski definition) is 1. The normalized spacial score (nSPS) is 27.8. The van der Waals surface area contributed by atoms with Gasteiger partial charge in [-0.25, -0.2) is 0 Å². The summed E-state index contributed by atoms with van der Waals surface area (Å²) >= 11 is 5.96. The number of aliphatic hydroxyl groups is 1. The molecule has 1 aromatic carbocycles. The second-order valence-electron chi connectivity index (χ2n) is 9.45. The molecule has 0 radical (unpaired) electrons. The smallest absolute Gasteiger partial charge is 0.136 e. The Labute approximate surface area is 168 Å². The van der Waals surface area contributed by atoms with E-state index in [-0.39, 0.29) is 23.5 Å². The molecule has 3 rings (SSSR count). The van der Waals surface area contributed by atoms with Crippen molar-refractivity contribution in [2.75, 3.05) is 26.2 Å². The largest absolute Gasteiger partial charge is 0.391 e. The first-order valence-electron chi connectivity index (χ1n) is 10.1. The van der Waals surface area contributed by atoms with Crippen LogP contribution >= 0.6 is 11.6 Å². The number of carbonyl (C=O) groups is 1. The van der Waals surface area contributed by atoms with Gasteiger partial charge in [0.05, 0.1) is 6.10 Å². The number of nitrogens with zero attached hydrogens (tertiary/aromatic N) is 2. The number of benzene rings is 1. The van der Waals surface area contributed by atoms with Gasteiger partial charge in [0.1, 0.15) is 5.78 Å². The Bertz CT molecular complexity index is 633. The Hall–Kier alpha value is -0.940. The van der Waals surface area contributed by atoms with Gasteiger partial charge in [-0.15, -0.1) is 0 Å². The molecule has 1 aliphatic carbocycles. The van der Waals surface area contributed by atoms with Crippen LogP contribution in [0.3, 0.4) is 0 Å². The second-order valence-corrected chi connectivity index (χ2v) is 9.88. The van der Waals surface area contributed by atoms with Gasteiger partial charge in [0.25, 0.3) is 0 Å². The maximum atomic E-state index is 12.6. The highest BCUT2D eigenvalue weighted by molar-refractivity contribution is 6.30. The van der Waals surface area contributed by atoms with E-state index in [0.29, 0.717) is 18.6 Å². The van der Waals surface area contributed by atoms with E-state index in [4.69, 9.17) is 11.6 Å². The van der Waals surface area contributed by atoms with Crippen LogP contribution in [0, 0.1) is 11.3 Å². The summed E-state index contributed by atoms with van der Waals surface area (Å²) in [5.41, 5.74) is 1.30. The molecular weight excluding hydrogens is 360 g/mol. The molecule has 1 saturated heterocycles. The van der Waals surface area contributed by atoms with Gasteiger partial charge in [-0.2, -0.15) is 0 Å². The quantitative estimate of drug-likeness (QED) is 0.831. The molecule has 0 spiro atoms. The summed E-state index contributed by atoms with van der Waals surface area (Å²) in [6.45, 7) is 11.1. The van der Waals surface area contributed by atoms with E-state index in [0.717, 1.165) is 44.2 Å². The number of carbonyl (C=O) groups excluding carboxylic acids is 1. The Morgan fingerprint density at radius 1 is 1.11 bits per heavy atom. The highest BCUT2D eigenvalue weighted by Gasteiger charge is 2.41. The molecule has 2 fully saturated rings. The molecule has 4 nitrogen and oxygen atoms in total. The highest BCUT2D eigenvalue weighted by Crippen LogP contribution is 2.34.